The van der Waals surface area contributed by atoms with E-state index in [9.17, 15) is 0 Å². The van der Waals surface area contributed by atoms with E-state index in [-0.39, 0.29) is 5.41 Å². The second kappa shape index (κ2) is 7.09. The van der Waals surface area contributed by atoms with Crippen LogP contribution < -0.4 is 11.1 Å². The lowest BCUT2D eigenvalue weighted by Crippen LogP contribution is -2.48. The van der Waals surface area contributed by atoms with Gasteiger partial charge in [0, 0.05) is 17.5 Å². The molecule has 1 aromatic rings. The van der Waals surface area contributed by atoms with Gasteiger partial charge in [0.2, 0.25) is 0 Å². The quantitative estimate of drug-likeness (QED) is 0.659. The van der Waals surface area contributed by atoms with E-state index in [2.05, 4.69) is 42.6 Å². The molecule has 0 spiro atoms. The fourth-order valence-electron chi connectivity index (χ4n) is 7.87. The number of nitrogens with one attached hydrogen (secondary N) is 1. The molecule has 0 heterocycles. The molecular formula is C25H36N2S. The van der Waals surface area contributed by atoms with Gasteiger partial charge in [-0.1, -0.05) is 62.3 Å². The van der Waals surface area contributed by atoms with Gasteiger partial charge in [0.25, 0.3) is 0 Å². The van der Waals surface area contributed by atoms with Crippen molar-refractivity contribution in [1.82, 2.24) is 5.32 Å². The van der Waals surface area contributed by atoms with Gasteiger partial charge in [-0.05, 0) is 80.1 Å². The predicted octanol–water partition coefficient (Wildman–Crippen LogP) is 5.35. The topological polar surface area (TPSA) is 38.0 Å². The number of rotatable bonds is 5. The molecule has 5 fully saturated rings. The van der Waals surface area contributed by atoms with E-state index in [4.69, 9.17) is 18.0 Å². The summed E-state index contributed by atoms with van der Waals surface area (Å²) in [6.45, 7) is 2.36. The molecule has 152 valence electrons. The largest absolute Gasteiger partial charge is 0.376 e. The summed E-state index contributed by atoms with van der Waals surface area (Å²) >= 11 is 6.22. The van der Waals surface area contributed by atoms with Crippen molar-refractivity contribution < 1.29 is 0 Å². The van der Waals surface area contributed by atoms with E-state index in [1.54, 1.807) is 5.56 Å². The molecule has 6 rings (SSSR count). The highest BCUT2D eigenvalue weighted by molar-refractivity contribution is 7.80. The van der Waals surface area contributed by atoms with Gasteiger partial charge in [-0.25, -0.2) is 0 Å². The summed E-state index contributed by atoms with van der Waals surface area (Å²) in [6.07, 6.45) is 12.7. The van der Waals surface area contributed by atoms with Crippen LogP contribution in [-0.2, 0) is 5.41 Å². The van der Waals surface area contributed by atoms with Gasteiger partial charge in [0.15, 0.2) is 0 Å². The second-order valence-electron chi connectivity index (χ2n) is 10.5. The Kier molecular flexibility index (Phi) is 4.83. The minimum absolute atomic E-state index is 0.257. The smallest absolute Gasteiger partial charge is 0.0821 e. The fraction of sp³-hybridized carbons (Fsp3) is 0.720. The molecule has 5 atom stereocenters. The van der Waals surface area contributed by atoms with Crippen LogP contribution in [0.1, 0.15) is 76.7 Å². The molecule has 2 nitrogen and oxygen atoms in total. The predicted molar refractivity (Wildman–Crippen MR) is 120 cm³/mol. The third-order valence-corrected chi connectivity index (χ3v) is 9.47. The van der Waals surface area contributed by atoms with Crippen molar-refractivity contribution in [2.24, 2.45) is 28.9 Å². The van der Waals surface area contributed by atoms with Gasteiger partial charge in [-0.15, -0.1) is 0 Å². The van der Waals surface area contributed by atoms with E-state index in [1.165, 1.54) is 56.4 Å². The molecule has 5 aliphatic rings. The van der Waals surface area contributed by atoms with E-state index in [0.717, 1.165) is 30.6 Å². The van der Waals surface area contributed by atoms with E-state index in [0.29, 0.717) is 17.5 Å². The maximum atomic E-state index is 6.22. The number of benzene rings is 1. The zero-order chi connectivity index (χ0) is 19.4. The Labute approximate surface area is 176 Å². The lowest BCUT2D eigenvalue weighted by molar-refractivity contribution is 0.155. The van der Waals surface area contributed by atoms with Crippen molar-refractivity contribution in [1.29, 1.82) is 0 Å². The summed E-state index contributed by atoms with van der Waals surface area (Å²) in [5.41, 5.74) is 8.34. The van der Waals surface area contributed by atoms with Crippen LogP contribution in [0, 0.1) is 23.2 Å². The lowest BCUT2D eigenvalue weighted by Gasteiger charge is -2.43. The lowest BCUT2D eigenvalue weighted by atomic mass is 9.61. The van der Waals surface area contributed by atoms with Crippen molar-refractivity contribution >= 4 is 17.2 Å². The Bertz CT molecular complexity index is 725. The average molecular weight is 397 g/mol. The molecule has 0 aromatic heterocycles. The Morgan fingerprint density at radius 3 is 2.57 bits per heavy atom. The first-order valence-corrected chi connectivity index (χ1v) is 12.1. The SMILES string of the molecule is CCCC1C2CC3(c4ccccc4)CC1C(C(=S)NC1CCC(N)CC1)(C2)C3. The van der Waals surface area contributed by atoms with E-state index < -0.39 is 0 Å². The minimum atomic E-state index is 0.257. The first-order chi connectivity index (χ1) is 13.6. The van der Waals surface area contributed by atoms with Crippen LogP contribution in [0.2, 0.25) is 0 Å². The van der Waals surface area contributed by atoms with Crippen LogP contribution in [0.3, 0.4) is 0 Å². The molecular weight excluding hydrogens is 360 g/mol. The monoisotopic (exact) mass is 396 g/mol. The van der Waals surface area contributed by atoms with Crippen LogP contribution in [-0.4, -0.2) is 17.1 Å². The molecule has 28 heavy (non-hydrogen) atoms. The first kappa shape index (κ1) is 19.1. The van der Waals surface area contributed by atoms with Crippen molar-refractivity contribution in [3.05, 3.63) is 35.9 Å². The molecule has 0 amide bonds. The summed E-state index contributed by atoms with van der Waals surface area (Å²) in [6, 6.07) is 12.3. The Balaban J connectivity index is 1.42. The molecule has 5 unspecified atom stereocenters. The van der Waals surface area contributed by atoms with Crippen LogP contribution in [0.4, 0.5) is 0 Å². The highest BCUT2D eigenvalue weighted by Gasteiger charge is 2.69. The Morgan fingerprint density at radius 1 is 1.11 bits per heavy atom. The van der Waals surface area contributed by atoms with Crippen LogP contribution in [0.5, 0.6) is 0 Å². The first-order valence-electron chi connectivity index (χ1n) is 11.7. The summed E-state index contributed by atoms with van der Waals surface area (Å²) in [7, 11) is 0. The number of thiocarbonyl (C=S) groups is 1. The molecule has 0 radical (unpaired) electrons. The van der Waals surface area contributed by atoms with Crippen molar-refractivity contribution in [3.63, 3.8) is 0 Å². The van der Waals surface area contributed by atoms with Crippen LogP contribution in [0.15, 0.2) is 30.3 Å². The summed E-state index contributed by atoms with van der Waals surface area (Å²) in [4.78, 5) is 1.22. The highest BCUT2D eigenvalue weighted by atomic mass is 32.1. The molecule has 1 aromatic carbocycles. The Hall–Kier alpha value is -0.930. The fourth-order valence-corrected chi connectivity index (χ4v) is 8.34. The highest BCUT2D eigenvalue weighted by Crippen LogP contribution is 2.73. The van der Waals surface area contributed by atoms with Gasteiger partial charge in [-0.2, -0.15) is 0 Å². The maximum Gasteiger partial charge on any atom is 0.0821 e. The number of hydrogen-bond donors (Lipinski definition) is 2. The zero-order valence-corrected chi connectivity index (χ0v) is 18.1. The molecule has 3 heteroatoms. The molecule has 5 aliphatic carbocycles. The summed E-state index contributed by atoms with van der Waals surface area (Å²) in [5.74, 6) is 2.55. The normalized spacial score (nSPS) is 44.0. The van der Waals surface area contributed by atoms with E-state index >= 15 is 0 Å². The Morgan fingerprint density at radius 2 is 1.86 bits per heavy atom. The van der Waals surface area contributed by atoms with Gasteiger partial charge in [0.1, 0.15) is 0 Å². The third-order valence-electron chi connectivity index (χ3n) is 8.94. The van der Waals surface area contributed by atoms with Gasteiger partial charge in [0.05, 0.1) is 4.99 Å². The summed E-state index contributed by atoms with van der Waals surface area (Å²) in [5, 5.41) is 3.89. The van der Waals surface area contributed by atoms with E-state index in [1.807, 2.05) is 0 Å². The summed E-state index contributed by atoms with van der Waals surface area (Å²) < 4.78 is 0. The van der Waals surface area contributed by atoms with Gasteiger partial charge >= 0.3 is 0 Å². The second-order valence-corrected chi connectivity index (χ2v) is 10.9. The maximum absolute atomic E-state index is 6.22. The van der Waals surface area contributed by atoms with Crippen molar-refractivity contribution in [3.8, 4) is 0 Å². The molecule has 5 saturated carbocycles. The minimum Gasteiger partial charge on any atom is -0.376 e. The molecule has 0 aliphatic heterocycles. The van der Waals surface area contributed by atoms with Gasteiger partial charge < -0.3 is 11.1 Å². The third kappa shape index (κ3) is 2.88. The van der Waals surface area contributed by atoms with Crippen molar-refractivity contribution in [2.75, 3.05) is 0 Å². The number of nitrogens with two attached hydrogens (primary N) is 1. The standard InChI is InChI=1S/C25H36N2S/c1-2-6-21-17-13-24(18-7-4-3-5-8-18)15-22(21)25(14-17,16-24)23(28)27-20-11-9-19(26)10-12-20/h3-5,7-8,17,19-22H,2,6,9-16,26H2,1H3,(H,27,28). The number of hydrogen-bond acceptors (Lipinski definition) is 2. The van der Waals surface area contributed by atoms with Crippen molar-refractivity contribution in [2.45, 2.75) is 88.6 Å². The molecule has 4 bridgehead atoms. The molecule has 0 saturated heterocycles. The molecule has 3 N–H and O–H groups in total. The van der Waals surface area contributed by atoms with Gasteiger partial charge in [-0.3, -0.25) is 0 Å². The van der Waals surface area contributed by atoms with Crippen LogP contribution in [0.25, 0.3) is 0 Å². The van der Waals surface area contributed by atoms with Crippen LogP contribution >= 0.6 is 12.2 Å². The average Bonchev–Trinajstić information content (AvgIpc) is 3.08. The zero-order valence-electron chi connectivity index (χ0n) is 17.3.